The summed E-state index contributed by atoms with van der Waals surface area (Å²) in [5, 5.41) is 2.57. The number of methoxy groups -OCH3 is 1. The van der Waals surface area contributed by atoms with Gasteiger partial charge in [-0.3, -0.25) is 4.21 Å². The minimum atomic E-state index is -2.17. The van der Waals surface area contributed by atoms with Gasteiger partial charge in [0, 0.05) is 42.6 Å². The van der Waals surface area contributed by atoms with E-state index in [1.165, 1.54) is 6.07 Å². The fraction of sp³-hybridized carbons (Fsp3) is 0.486. The van der Waals surface area contributed by atoms with E-state index >= 15 is 4.39 Å². The highest BCUT2D eigenvalue weighted by Gasteiger charge is 2.51. The Labute approximate surface area is 281 Å². The Bertz CT molecular complexity index is 1910. The molecule has 1 atom stereocenters. The van der Waals surface area contributed by atoms with E-state index in [2.05, 4.69) is 62.9 Å². The van der Waals surface area contributed by atoms with Crippen LogP contribution in [0.3, 0.4) is 0 Å². The van der Waals surface area contributed by atoms with Crippen LogP contribution in [0.15, 0.2) is 41.7 Å². The molecule has 248 valence electrons. The van der Waals surface area contributed by atoms with Crippen LogP contribution in [0, 0.1) is 17.3 Å². The summed E-state index contributed by atoms with van der Waals surface area (Å²) in [6.45, 7) is 14.5. The highest BCUT2D eigenvalue weighted by Crippen LogP contribution is 2.52. The van der Waals surface area contributed by atoms with Gasteiger partial charge in [0.15, 0.2) is 6.79 Å². The number of pyridine rings is 1. The maximum absolute atomic E-state index is 16.1. The molecule has 10 heteroatoms. The molecule has 0 bridgehead atoms. The smallest absolute Gasteiger partial charge is 0.218 e. The molecule has 1 saturated carbocycles. The number of benzene rings is 2. The van der Waals surface area contributed by atoms with E-state index in [1.54, 1.807) is 25.6 Å². The Kier molecular flexibility index (Phi) is 9.20. The molecule has 1 spiro atoms. The van der Waals surface area contributed by atoms with Crippen LogP contribution in [0.1, 0.15) is 72.8 Å². The summed E-state index contributed by atoms with van der Waals surface area (Å²) in [6.07, 6.45) is 7.79. The number of rotatable bonds is 9. The van der Waals surface area contributed by atoms with Gasteiger partial charge >= 0.3 is 0 Å². The average molecular weight is 673 g/mol. The first kappa shape index (κ1) is 33.5. The summed E-state index contributed by atoms with van der Waals surface area (Å²) in [6, 6.07) is 8.98. The highest BCUT2D eigenvalue weighted by atomic mass is 32.2. The van der Waals surface area contributed by atoms with Crippen molar-refractivity contribution in [1.82, 2.24) is 15.0 Å². The Morgan fingerprint density at radius 1 is 1.04 bits per heavy atom. The lowest BCUT2D eigenvalue weighted by Crippen LogP contribution is -2.43. The summed E-state index contributed by atoms with van der Waals surface area (Å²) in [5.74, 6) is 4.47. The zero-order valence-electron chi connectivity index (χ0n) is 28.7. The number of ether oxygens (including phenoxy) is 2. The Hall–Kier alpha value is -3.39. The second-order valence-corrected chi connectivity index (χ2v) is 20.9. The van der Waals surface area contributed by atoms with Gasteiger partial charge in [-0.15, -0.1) is 5.54 Å². The van der Waals surface area contributed by atoms with Crippen molar-refractivity contribution < 1.29 is 18.1 Å². The van der Waals surface area contributed by atoms with E-state index in [-0.39, 0.29) is 23.3 Å². The summed E-state index contributed by atoms with van der Waals surface area (Å²) >= 11 is 0. The summed E-state index contributed by atoms with van der Waals surface area (Å²) in [4.78, 5) is 16.9. The van der Waals surface area contributed by atoms with Crippen LogP contribution in [-0.2, 0) is 15.5 Å². The third-order valence-electron chi connectivity index (χ3n) is 10.4. The maximum Gasteiger partial charge on any atom is 0.218 e. The monoisotopic (exact) mass is 672 g/mol. The lowest BCUT2D eigenvalue weighted by molar-refractivity contribution is 0.0512. The molecule has 2 aromatic carbocycles. The molecule has 0 amide bonds. The first-order valence-corrected chi connectivity index (χ1v) is 20.4. The molecule has 2 aromatic heterocycles. The molecule has 6 rings (SSSR count). The van der Waals surface area contributed by atoms with Crippen molar-refractivity contribution in [3.63, 3.8) is 0 Å². The van der Waals surface area contributed by atoms with Crippen LogP contribution >= 0.6 is 0 Å². The topological polar surface area (TPSA) is 77.4 Å². The third-order valence-corrected chi connectivity index (χ3v) is 17.4. The van der Waals surface area contributed by atoms with Crippen molar-refractivity contribution in [2.24, 2.45) is 0 Å². The molecular formula is C37H45FN4O3SSi. The van der Waals surface area contributed by atoms with Crippen LogP contribution in [0.4, 0.5) is 10.2 Å². The molecule has 2 fully saturated rings. The first-order valence-electron chi connectivity index (χ1n) is 16.6. The zero-order valence-corrected chi connectivity index (χ0v) is 30.6. The van der Waals surface area contributed by atoms with Crippen LogP contribution in [0.25, 0.3) is 32.9 Å². The molecule has 3 heterocycles. The van der Waals surface area contributed by atoms with Crippen molar-refractivity contribution >= 4 is 46.4 Å². The maximum atomic E-state index is 16.1. The number of hydrogen-bond acceptors (Lipinski definition) is 7. The molecule has 4 aromatic rings. The molecule has 1 aliphatic heterocycles. The van der Waals surface area contributed by atoms with E-state index < -0.39 is 18.9 Å². The summed E-state index contributed by atoms with van der Waals surface area (Å²) in [7, 11) is -1.96. The predicted octanol–water partition coefficient (Wildman–Crippen LogP) is 8.41. The number of anilines is 1. The molecule has 2 aliphatic rings. The molecule has 1 saturated heterocycles. The minimum Gasteiger partial charge on any atom is -0.468 e. The fourth-order valence-electron chi connectivity index (χ4n) is 7.96. The van der Waals surface area contributed by atoms with E-state index in [4.69, 9.17) is 19.4 Å². The van der Waals surface area contributed by atoms with Crippen LogP contribution < -0.4 is 9.64 Å². The molecular weight excluding hydrogens is 628 g/mol. The standard InChI is InChI=1S/C37H45FN4O3SSi/c1-23(2)47(24(3)4,25(5)6)17-12-28-31(38)11-10-26-18-27(45-22-44-7)19-29(34(26)28)32-20-33-30(21-39-36(41-33)46(8)43)35(40-32)42-16-9-13-37(42)14-15-37/h10-11,18-21,23-25H,9,13-16,22H2,1-8H3. The Morgan fingerprint density at radius 3 is 2.40 bits per heavy atom. The molecule has 1 aliphatic carbocycles. The second-order valence-electron chi connectivity index (χ2n) is 14.0. The summed E-state index contributed by atoms with van der Waals surface area (Å²) in [5.41, 5.74) is 7.42. The van der Waals surface area contributed by atoms with Crippen molar-refractivity contribution in [1.29, 1.82) is 0 Å². The van der Waals surface area contributed by atoms with Crippen LogP contribution in [0.2, 0.25) is 16.6 Å². The van der Waals surface area contributed by atoms with Gasteiger partial charge in [0.05, 0.1) is 33.0 Å². The van der Waals surface area contributed by atoms with Crippen molar-refractivity contribution in [2.45, 2.75) is 94.5 Å². The number of hydrogen-bond donors (Lipinski definition) is 0. The quantitative estimate of drug-likeness (QED) is 0.0765. The van der Waals surface area contributed by atoms with Gasteiger partial charge in [0.25, 0.3) is 0 Å². The van der Waals surface area contributed by atoms with Gasteiger partial charge in [-0.1, -0.05) is 53.5 Å². The molecule has 0 radical (unpaired) electrons. The summed E-state index contributed by atoms with van der Waals surface area (Å²) < 4.78 is 39.8. The lowest BCUT2D eigenvalue weighted by Gasteiger charge is -2.38. The SMILES string of the molecule is COCOc1cc(-c2cc3nc(S(C)=O)ncc3c(N3CCCC34CC4)n2)c2c(C#C[Si](C(C)C)(C(C)C)C(C)C)c(F)ccc2c1. The molecule has 1 unspecified atom stereocenters. The molecule has 47 heavy (non-hydrogen) atoms. The average Bonchev–Trinajstić information content (AvgIpc) is 3.69. The highest BCUT2D eigenvalue weighted by molar-refractivity contribution is 7.84. The number of halogens is 1. The van der Waals surface area contributed by atoms with Gasteiger partial charge in [-0.25, -0.2) is 19.3 Å². The Morgan fingerprint density at radius 2 is 1.77 bits per heavy atom. The fourth-order valence-corrected chi connectivity index (χ4v) is 13.6. The van der Waals surface area contributed by atoms with Crippen LogP contribution in [-0.4, -0.2) is 59.5 Å². The number of aromatic nitrogens is 3. The number of nitrogens with zero attached hydrogens (tertiary/aromatic N) is 4. The van der Waals surface area contributed by atoms with E-state index in [0.717, 1.165) is 48.8 Å². The van der Waals surface area contributed by atoms with Crippen molar-refractivity contribution in [2.75, 3.05) is 31.6 Å². The number of fused-ring (bicyclic) bond motifs is 2. The van der Waals surface area contributed by atoms with Crippen LogP contribution in [0.5, 0.6) is 5.75 Å². The normalized spacial score (nSPS) is 16.5. The second kappa shape index (κ2) is 12.9. The van der Waals surface area contributed by atoms with E-state index in [0.29, 0.717) is 50.1 Å². The predicted molar refractivity (Wildman–Crippen MR) is 192 cm³/mol. The zero-order chi connectivity index (χ0) is 33.7. The van der Waals surface area contributed by atoms with E-state index in [9.17, 15) is 4.21 Å². The van der Waals surface area contributed by atoms with Gasteiger partial charge in [-0.05, 0) is 72.0 Å². The largest absolute Gasteiger partial charge is 0.468 e. The van der Waals surface area contributed by atoms with Gasteiger partial charge < -0.3 is 14.4 Å². The molecule has 0 N–H and O–H groups in total. The van der Waals surface area contributed by atoms with Gasteiger partial charge in [0.2, 0.25) is 5.16 Å². The van der Waals surface area contributed by atoms with Crippen molar-refractivity contribution in [3.8, 4) is 28.5 Å². The lowest BCUT2D eigenvalue weighted by atomic mass is 9.96. The molecule has 7 nitrogen and oxygen atoms in total. The third kappa shape index (κ3) is 5.96. The van der Waals surface area contributed by atoms with E-state index in [1.807, 2.05) is 18.2 Å². The first-order chi connectivity index (χ1) is 22.4. The van der Waals surface area contributed by atoms with Crippen molar-refractivity contribution in [3.05, 3.63) is 47.9 Å². The van der Waals surface area contributed by atoms with Gasteiger partial charge in [0.1, 0.15) is 25.5 Å². The minimum absolute atomic E-state index is 0.0652. The van der Waals surface area contributed by atoms with Gasteiger partial charge in [-0.2, -0.15) is 0 Å². The Balaban J connectivity index is 1.67.